The summed E-state index contributed by atoms with van der Waals surface area (Å²) in [5.74, 6) is 0.817. The zero-order valence-electron chi connectivity index (χ0n) is 11.6. The van der Waals surface area contributed by atoms with Gasteiger partial charge < -0.3 is 10.2 Å². The van der Waals surface area contributed by atoms with Gasteiger partial charge in [-0.2, -0.15) is 0 Å². The predicted octanol–water partition coefficient (Wildman–Crippen LogP) is 2.53. The van der Waals surface area contributed by atoms with Crippen LogP contribution in [0, 0.1) is 5.92 Å². The maximum Gasteiger partial charge on any atom is 0.0928 e. The lowest BCUT2D eigenvalue weighted by Gasteiger charge is -2.27. The summed E-state index contributed by atoms with van der Waals surface area (Å²) < 4.78 is 0. The minimum atomic E-state index is 0.817. The second-order valence-electron chi connectivity index (χ2n) is 5.39. The number of piperidine rings is 1. The highest BCUT2D eigenvalue weighted by Gasteiger charge is 2.15. The molecule has 0 radical (unpaired) electrons. The number of nitrogens with zero attached hydrogens (tertiary/aromatic N) is 2. The van der Waals surface area contributed by atoms with Gasteiger partial charge in [-0.3, -0.25) is 0 Å². The van der Waals surface area contributed by atoms with Gasteiger partial charge >= 0.3 is 0 Å². The van der Waals surface area contributed by atoms with Gasteiger partial charge in [0.2, 0.25) is 0 Å². The molecule has 1 aliphatic heterocycles. The number of rotatable bonds is 6. The summed E-state index contributed by atoms with van der Waals surface area (Å²) in [6.45, 7) is 6.78. The Morgan fingerprint density at radius 2 is 2.44 bits per heavy atom. The van der Waals surface area contributed by atoms with E-state index in [1.54, 1.807) is 0 Å². The molecular formula is C14H25N3S. The summed E-state index contributed by atoms with van der Waals surface area (Å²) in [5.41, 5.74) is 1.25. The van der Waals surface area contributed by atoms with Crippen LogP contribution >= 0.6 is 11.3 Å². The highest BCUT2D eigenvalue weighted by Crippen LogP contribution is 2.15. The molecule has 4 heteroatoms. The van der Waals surface area contributed by atoms with Crippen LogP contribution in [-0.4, -0.2) is 36.6 Å². The Morgan fingerprint density at radius 1 is 1.56 bits per heavy atom. The average Bonchev–Trinajstić information content (AvgIpc) is 2.78. The molecule has 0 aromatic carbocycles. The summed E-state index contributed by atoms with van der Waals surface area (Å²) in [4.78, 5) is 7.11. The van der Waals surface area contributed by atoms with Crippen LogP contribution in [0.4, 0.5) is 0 Å². The zero-order chi connectivity index (χ0) is 12.8. The van der Waals surface area contributed by atoms with Crippen molar-refractivity contribution in [1.29, 1.82) is 0 Å². The molecule has 1 unspecified atom stereocenters. The van der Waals surface area contributed by atoms with Crippen LogP contribution in [0.15, 0.2) is 5.38 Å². The predicted molar refractivity (Wildman–Crippen MR) is 78.0 cm³/mol. The molecule has 0 saturated carbocycles. The molecule has 3 nitrogen and oxygen atoms in total. The molecule has 0 bridgehead atoms. The van der Waals surface area contributed by atoms with Gasteiger partial charge in [0, 0.05) is 18.5 Å². The largest absolute Gasteiger partial charge is 0.316 e. The third kappa shape index (κ3) is 4.34. The van der Waals surface area contributed by atoms with Gasteiger partial charge in [0.15, 0.2) is 0 Å². The van der Waals surface area contributed by atoms with Gasteiger partial charge in [0.25, 0.3) is 0 Å². The summed E-state index contributed by atoms with van der Waals surface area (Å²) in [6, 6.07) is 0. The molecule has 0 spiro atoms. The van der Waals surface area contributed by atoms with Gasteiger partial charge in [-0.25, -0.2) is 4.98 Å². The van der Waals surface area contributed by atoms with E-state index in [1.807, 2.05) is 11.3 Å². The van der Waals surface area contributed by atoms with Gasteiger partial charge in [0.1, 0.15) is 0 Å². The maximum absolute atomic E-state index is 4.69. The van der Waals surface area contributed by atoms with Gasteiger partial charge in [-0.15, -0.1) is 11.3 Å². The van der Waals surface area contributed by atoms with Crippen molar-refractivity contribution >= 4 is 11.3 Å². The second-order valence-corrected chi connectivity index (χ2v) is 6.33. The molecule has 0 aliphatic carbocycles. The minimum absolute atomic E-state index is 0.817. The van der Waals surface area contributed by atoms with E-state index in [0.29, 0.717) is 0 Å². The first-order valence-electron chi connectivity index (χ1n) is 7.10. The van der Waals surface area contributed by atoms with Crippen molar-refractivity contribution in [3.63, 3.8) is 0 Å². The van der Waals surface area contributed by atoms with E-state index in [4.69, 9.17) is 4.98 Å². The normalized spacial score (nSPS) is 20.5. The number of thiazole rings is 1. The third-order valence-corrected chi connectivity index (χ3v) is 4.42. The maximum atomic E-state index is 4.69. The smallest absolute Gasteiger partial charge is 0.0928 e. The average molecular weight is 267 g/mol. The van der Waals surface area contributed by atoms with E-state index >= 15 is 0 Å². The van der Waals surface area contributed by atoms with E-state index in [1.165, 1.54) is 49.6 Å². The SMILES string of the molecule is CCCc1nc(CN(C)CC2CCCNC2)cs1. The number of aryl methyl sites for hydroxylation is 1. The summed E-state index contributed by atoms with van der Waals surface area (Å²) in [7, 11) is 2.22. The molecule has 1 saturated heterocycles. The molecular weight excluding hydrogens is 242 g/mol. The van der Waals surface area contributed by atoms with Crippen molar-refractivity contribution in [2.24, 2.45) is 5.92 Å². The Balaban J connectivity index is 1.76. The Bertz CT molecular complexity index is 345. The quantitative estimate of drug-likeness (QED) is 0.858. The first kappa shape index (κ1) is 14.0. The molecule has 2 heterocycles. The minimum Gasteiger partial charge on any atom is -0.316 e. The Kier molecular flexibility index (Phi) is 5.60. The van der Waals surface area contributed by atoms with E-state index in [9.17, 15) is 0 Å². The molecule has 1 fully saturated rings. The summed E-state index contributed by atoms with van der Waals surface area (Å²) in [5, 5.41) is 7.00. The Morgan fingerprint density at radius 3 is 3.17 bits per heavy atom. The molecule has 2 rings (SSSR count). The van der Waals surface area contributed by atoms with Crippen LogP contribution in [-0.2, 0) is 13.0 Å². The van der Waals surface area contributed by atoms with E-state index in [0.717, 1.165) is 18.9 Å². The summed E-state index contributed by atoms with van der Waals surface area (Å²) in [6.07, 6.45) is 5.02. The lowest BCUT2D eigenvalue weighted by molar-refractivity contribution is 0.236. The number of nitrogens with one attached hydrogen (secondary N) is 1. The van der Waals surface area contributed by atoms with Crippen LogP contribution in [0.5, 0.6) is 0 Å². The van der Waals surface area contributed by atoms with Crippen LogP contribution in [0.3, 0.4) is 0 Å². The lowest BCUT2D eigenvalue weighted by Crippen LogP contribution is -2.36. The van der Waals surface area contributed by atoms with Crippen molar-refractivity contribution in [2.75, 3.05) is 26.7 Å². The molecule has 0 amide bonds. The van der Waals surface area contributed by atoms with Crippen LogP contribution in [0.2, 0.25) is 0 Å². The molecule has 1 aromatic heterocycles. The topological polar surface area (TPSA) is 28.2 Å². The highest BCUT2D eigenvalue weighted by atomic mass is 32.1. The van der Waals surface area contributed by atoms with Gasteiger partial charge in [0.05, 0.1) is 10.7 Å². The fraction of sp³-hybridized carbons (Fsp3) is 0.786. The van der Waals surface area contributed by atoms with E-state index in [-0.39, 0.29) is 0 Å². The van der Waals surface area contributed by atoms with E-state index < -0.39 is 0 Å². The van der Waals surface area contributed by atoms with Crippen molar-refractivity contribution in [2.45, 2.75) is 39.2 Å². The second kappa shape index (κ2) is 7.22. The standard InChI is InChI=1S/C14H25N3S/c1-3-5-14-16-13(11-18-14)10-17(2)9-12-6-4-7-15-8-12/h11-12,15H,3-10H2,1-2H3. The number of aromatic nitrogens is 1. The molecule has 1 N–H and O–H groups in total. The van der Waals surface area contributed by atoms with Gasteiger partial charge in [-0.1, -0.05) is 6.92 Å². The van der Waals surface area contributed by atoms with Crippen molar-refractivity contribution in [3.8, 4) is 0 Å². The van der Waals surface area contributed by atoms with Crippen LogP contribution < -0.4 is 5.32 Å². The third-order valence-electron chi connectivity index (χ3n) is 3.46. The Labute approximate surface area is 115 Å². The van der Waals surface area contributed by atoms with Crippen molar-refractivity contribution in [3.05, 3.63) is 16.1 Å². The molecule has 102 valence electrons. The monoisotopic (exact) mass is 267 g/mol. The molecule has 1 aromatic rings. The van der Waals surface area contributed by atoms with Crippen LogP contribution in [0.1, 0.15) is 36.9 Å². The van der Waals surface area contributed by atoms with Gasteiger partial charge in [-0.05, 0) is 51.7 Å². The zero-order valence-corrected chi connectivity index (χ0v) is 12.4. The number of hydrogen-bond donors (Lipinski definition) is 1. The molecule has 1 aliphatic rings. The van der Waals surface area contributed by atoms with Crippen molar-refractivity contribution in [1.82, 2.24) is 15.2 Å². The van der Waals surface area contributed by atoms with Crippen LogP contribution in [0.25, 0.3) is 0 Å². The molecule has 18 heavy (non-hydrogen) atoms. The first-order chi connectivity index (χ1) is 8.78. The highest BCUT2D eigenvalue weighted by molar-refractivity contribution is 7.09. The fourth-order valence-corrected chi connectivity index (χ4v) is 3.50. The molecule has 1 atom stereocenters. The number of hydrogen-bond acceptors (Lipinski definition) is 4. The summed E-state index contributed by atoms with van der Waals surface area (Å²) >= 11 is 1.81. The Hall–Kier alpha value is -0.450. The first-order valence-corrected chi connectivity index (χ1v) is 7.98. The van der Waals surface area contributed by atoms with E-state index in [2.05, 4.69) is 29.6 Å². The van der Waals surface area contributed by atoms with Crippen molar-refractivity contribution < 1.29 is 0 Å². The lowest BCUT2D eigenvalue weighted by atomic mass is 9.99. The fourth-order valence-electron chi connectivity index (χ4n) is 2.61.